The molecule has 0 aromatic heterocycles. The van der Waals surface area contributed by atoms with Crippen molar-refractivity contribution in [1.82, 2.24) is 4.90 Å². The Morgan fingerprint density at radius 3 is 2.26 bits per heavy atom. The van der Waals surface area contributed by atoms with Crippen LogP contribution in [0.4, 0.5) is 0 Å². The molecule has 0 amide bonds. The molecular weight excluding hydrogens is 308 g/mol. The van der Waals surface area contributed by atoms with Crippen molar-refractivity contribution in [2.75, 3.05) is 47.5 Å². The largest absolute Gasteiger partial charge is 0.500 e. The quantitative estimate of drug-likeness (QED) is 0.592. The van der Waals surface area contributed by atoms with Crippen LogP contribution in [0.2, 0.25) is 6.04 Å². The van der Waals surface area contributed by atoms with Gasteiger partial charge in [-0.15, -0.1) is 0 Å². The number of nitrogens with two attached hydrogens (primary N) is 1. The van der Waals surface area contributed by atoms with Crippen molar-refractivity contribution in [2.24, 2.45) is 5.73 Å². The topological polar surface area (TPSA) is 57.0 Å². The highest BCUT2D eigenvalue weighted by Gasteiger charge is 2.36. The van der Waals surface area contributed by atoms with Crippen LogP contribution < -0.4 is 5.73 Å². The van der Waals surface area contributed by atoms with Crippen molar-refractivity contribution >= 4 is 14.9 Å². The number of rotatable bonds is 12. The van der Waals surface area contributed by atoms with Crippen molar-refractivity contribution in [3.63, 3.8) is 0 Å². The Morgan fingerprint density at radius 1 is 1.04 bits per heavy atom. The van der Waals surface area contributed by atoms with Crippen LogP contribution in [-0.4, -0.2) is 61.2 Å². The van der Waals surface area contributed by atoms with Crippen LogP contribution in [0.3, 0.4) is 0 Å². The van der Waals surface area contributed by atoms with Crippen LogP contribution >= 0.6 is 0 Å². The molecule has 0 saturated carbocycles. The van der Waals surface area contributed by atoms with E-state index in [2.05, 4.69) is 29.2 Å². The molecule has 1 aromatic carbocycles. The molecule has 0 saturated heterocycles. The van der Waals surface area contributed by atoms with Gasteiger partial charge in [0.25, 0.3) is 0 Å². The monoisotopic (exact) mass is 338 g/mol. The highest BCUT2D eigenvalue weighted by molar-refractivity contribution is 6.60. The lowest BCUT2D eigenvalue weighted by Crippen LogP contribution is -2.43. The van der Waals surface area contributed by atoms with Gasteiger partial charge >= 0.3 is 8.80 Å². The third-order valence-corrected chi connectivity index (χ3v) is 6.64. The van der Waals surface area contributed by atoms with Crippen LogP contribution in [0.15, 0.2) is 36.4 Å². The number of benzene rings is 1. The van der Waals surface area contributed by atoms with E-state index in [1.807, 2.05) is 18.2 Å². The fraction of sp³-hybridized carbons (Fsp3) is 0.529. The SMILES string of the molecule is CO[Si](CCCN(C/C=C/c1ccccc1)CCN)(OC)OC. The third-order valence-electron chi connectivity index (χ3n) is 3.81. The van der Waals surface area contributed by atoms with Crippen molar-refractivity contribution in [3.05, 3.63) is 42.0 Å². The molecule has 0 radical (unpaired) electrons. The predicted molar refractivity (Wildman–Crippen MR) is 97.2 cm³/mol. The van der Waals surface area contributed by atoms with Gasteiger partial charge in [-0.2, -0.15) is 0 Å². The second kappa shape index (κ2) is 11.5. The molecule has 0 bridgehead atoms. The fourth-order valence-electron chi connectivity index (χ4n) is 2.45. The summed E-state index contributed by atoms with van der Waals surface area (Å²) in [5.41, 5.74) is 6.93. The fourth-order valence-corrected chi connectivity index (χ4v) is 4.16. The highest BCUT2D eigenvalue weighted by atomic mass is 28.4. The minimum Gasteiger partial charge on any atom is -0.377 e. The van der Waals surface area contributed by atoms with E-state index in [-0.39, 0.29) is 0 Å². The molecule has 0 aliphatic rings. The minimum atomic E-state index is -2.47. The van der Waals surface area contributed by atoms with Gasteiger partial charge in [0.2, 0.25) is 0 Å². The summed E-state index contributed by atoms with van der Waals surface area (Å²) in [7, 11) is 2.49. The smallest absolute Gasteiger partial charge is 0.377 e. The molecule has 1 aromatic rings. The van der Waals surface area contributed by atoms with E-state index in [1.165, 1.54) is 5.56 Å². The summed E-state index contributed by atoms with van der Waals surface area (Å²) in [5.74, 6) is 0. The lowest BCUT2D eigenvalue weighted by molar-refractivity contribution is 0.121. The zero-order valence-corrected chi connectivity index (χ0v) is 15.5. The maximum atomic E-state index is 5.72. The van der Waals surface area contributed by atoms with Crippen LogP contribution in [-0.2, 0) is 13.3 Å². The van der Waals surface area contributed by atoms with E-state index in [0.717, 1.165) is 32.1 Å². The molecule has 0 fully saturated rings. The standard InChI is InChI=1S/C17H30N2O3Si/c1-20-23(21-2,22-3)16-8-14-19(15-12-18)13-7-11-17-9-5-4-6-10-17/h4-7,9-11H,8,12-16,18H2,1-3H3/b11-7+. The summed E-state index contributed by atoms with van der Waals surface area (Å²) >= 11 is 0. The van der Waals surface area contributed by atoms with E-state index in [9.17, 15) is 0 Å². The molecule has 2 N–H and O–H groups in total. The molecule has 0 heterocycles. The predicted octanol–water partition coefficient (Wildman–Crippen LogP) is 2.23. The Bertz CT molecular complexity index is 430. The van der Waals surface area contributed by atoms with Crippen LogP contribution in [0.1, 0.15) is 12.0 Å². The zero-order chi connectivity index (χ0) is 17.0. The molecule has 130 valence electrons. The van der Waals surface area contributed by atoms with Gasteiger partial charge < -0.3 is 19.0 Å². The van der Waals surface area contributed by atoms with Gasteiger partial charge in [-0.05, 0) is 18.5 Å². The van der Waals surface area contributed by atoms with Gasteiger partial charge in [0, 0.05) is 47.0 Å². The molecule has 0 spiro atoms. The van der Waals surface area contributed by atoms with Gasteiger partial charge in [-0.1, -0.05) is 42.5 Å². The first-order chi connectivity index (χ1) is 11.2. The summed E-state index contributed by atoms with van der Waals surface area (Å²) in [6.45, 7) is 3.36. The first-order valence-electron chi connectivity index (χ1n) is 7.99. The van der Waals surface area contributed by atoms with Crippen molar-refractivity contribution in [3.8, 4) is 0 Å². The Morgan fingerprint density at radius 2 is 1.70 bits per heavy atom. The summed E-state index contributed by atoms with van der Waals surface area (Å²) < 4.78 is 16.4. The lowest BCUT2D eigenvalue weighted by Gasteiger charge is -2.26. The molecule has 1 rings (SSSR count). The number of hydrogen-bond donors (Lipinski definition) is 1. The average Bonchev–Trinajstić information content (AvgIpc) is 2.60. The maximum absolute atomic E-state index is 5.72. The van der Waals surface area contributed by atoms with Crippen LogP contribution in [0, 0.1) is 0 Å². The highest BCUT2D eigenvalue weighted by Crippen LogP contribution is 2.15. The van der Waals surface area contributed by atoms with Crippen molar-refractivity contribution in [1.29, 1.82) is 0 Å². The second-order valence-corrected chi connectivity index (χ2v) is 8.39. The third kappa shape index (κ3) is 7.39. The zero-order valence-electron chi connectivity index (χ0n) is 14.5. The molecule has 0 aliphatic heterocycles. The first kappa shape index (κ1) is 20.0. The van der Waals surface area contributed by atoms with Gasteiger partial charge in [0.15, 0.2) is 0 Å². The summed E-state index contributed by atoms with van der Waals surface area (Å²) in [6, 6.07) is 11.1. The number of nitrogens with zero attached hydrogens (tertiary/aromatic N) is 1. The molecule has 5 nitrogen and oxygen atoms in total. The maximum Gasteiger partial charge on any atom is 0.500 e. The van der Waals surface area contributed by atoms with Crippen LogP contribution in [0.5, 0.6) is 0 Å². The van der Waals surface area contributed by atoms with Crippen molar-refractivity contribution in [2.45, 2.75) is 12.5 Å². The van der Waals surface area contributed by atoms with E-state index in [0.29, 0.717) is 6.54 Å². The van der Waals surface area contributed by atoms with Gasteiger partial charge in [-0.3, -0.25) is 4.90 Å². The minimum absolute atomic E-state index is 0.653. The van der Waals surface area contributed by atoms with E-state index in [1.54, 1.807) is 21.3 Å². The number of hydrogen-bond acceptors (Lipinski definition) is 5. The van der Waals surface area contributed by atoms with Gasteiger partial charge in [0.1, 0.15) is 0 Å². The Labute approximate surface area is 141 Å². The Hall–Kier alpha value is -1.02. The molecule has 0 aliphatic carbocycles. The lowest BCUT2D eigenvalue weighted by atomic mass is 10.2. The van der Waals surface area contributed by atoms with E-state index < -0.39 is 8.80 Å². The normalized spacial score (nSPS) is 12.4. The average molecular weight is 339 g/mol. The summed E-state index contributed by atoms with van der Waals surface area (Å²) in [5, 5.41) is 0. The van der Waals surface area contributed by atoms with Crippen LogP contribution in [0.25, 0.3) is 6.08 Å². The molecule has 0 unspecified atom stereocenters. The molecule has 23 heavy (non-hydrogen) atoms. The Kier molecular flexibility index (Phi) is 10.0. The van der Waals surface area contributed by atoms with Gasteiger partial charge in [-0.25, -0.2) is 0 Å². The first-order valence-corrected chi connectivity index (χ1v) is 9.92. The Balaban J connectivity index is 2.44. The van der Waals surface area contributed by atoms with Gasteiger partial charge in [0.05, 0.1) is 0 Å². The second-order valence-electron chi connectivity index (χ2n) is 5.30. The molecular formula is C17H30N2O3Si. The molecule has 0 atom stereocenters. The van der Waals surface area contributed by atoms with Crippen molar-refractivity contribution < 1.29 is 13.3 Å². The van der Waals surface area contributed by atoms with E-state index >= 15 is 0 Å². The summed E-state index contributed by atoms with van der Waals surface area (Å²) in [4.78, 5) is 2.33. The van der Waals surface area contributed by atoms with E-state index in [4.69, 9.17) is 19.0 Å². The summed E-state index contributed by atoms with van der Waals surface area (Å²) in [6.07, 6.45) is 5.28. The molecule has 6 heteroatoms.